The monoisotopic (exact) mass is 364 g/mol. The first-order valence-electron chi connectivity index (χ1n) is 7.36. The molecule has 1 saturated heterocycles. The molecule has 0 radical (unpaired) electrons. The summed E-state index contributed by atoms with van der Waals surface area (Å²) >= 11 is 1.78. The van der Waals surface area contributed by atoms with Crippen LogP contribution in [0.5, 0.6) is 11.5 Å². The van der Waals surface area contributed by atoms with E-state index in [0.29, 0.717) is 12.1 Å². The van der Waals surface area contributed by atoms with Crippen molar-refractivity contribution in [2.75, 3.05) is 37.1 Å². The molecule has 1 heterocycles. The molecule has 0 aromatic heterocycles. The van der Waals surface area contributed by atoms with Crippen LogP contribution in [-0.2, 0) is 4.79 Å². The Morgan fingerprint density at radius 3 is 2.83 bits per heavy atom. The Hall–Kier alpha value is -1.61. The van der Waals surface area contributed by atoms with Crippen LogP contribution in [-0.4, -0.2) is 49.9 Å². The summed E-state index contributed by atoms with van der Waals surface area (Å²) in [4.78, 5) is 12.1. The summed E-state index contributed by atoms with van der Waals surface area (Å²) in [5.41, 5.74) is 0.362. The zero-order valence-electron chi connectivity index (χ0n) is 13.1. The van der Waals surface area contributed by atoms with E-state index in [0.717, 1.165) is 18.1 Å². The maximum atomic E-state index is 12.3. The van der Waals surface area contributed by atoms with Crippen LogP contribution in [0.15, 0.2) is 18.2 Å². The van der Waals surface area contributed by atoms with Crippen LogP contribution in [0.1, 0.15) is 6.42 Å². The number of thioether (sulfide) groups is 1. The molecule has 0 bridgehead atoms. The lowest BCUT2D eigenvalue weighted by Crippen LogP contribution is -2.39. The van der Waals surface area contributed by atoms with Crippen LogP contribution < -0.4 is 20.1 Å². The van der Waals surface area contributed by atoms with E-state index in [1.807, 2.05) is 0 Å². The number of rotatable bonds is 6. The largest absolute Gasteiger partial charge is 0.493 e. The predicted octanol–water partition coefficient (Wildman–Crippen LogP) is 2.67. The van der Waals surface area contributed by atoms with Gasteiger partial charge in [0.25, 0.3) is 0 Å². The second-order valence-electron chi connectivity index (χ2n) is 5.25. The van der Waals surface area contributed by atoms with Crippen LogP contribution in [0.4, 0.5) is 18.9 Å². The molecule has 134 valence electrons. The summed E-state index contributed by atoms with van der Waals surface area (Å²) in [5.74, 6) is 1.77. The van der Waals surface area contributed by atoms with Gasteiger partial charge in [-0.2, -0.15) is 24.9 Å². The Kier molecular flexibility index (Phi) is 6.61. The first kappa shape index (κ1) is 18.7. The van der Waals surface area contributed by atoms with E-state index in [2.05, 4.69) is 10.6 Å². The number of halogens is 3. The third-order valence-electron chi connectivity index (χ3n) is 3.27. The fraction of sp³-hybridized carbons (Fsp3) is 0.533. The summed E-state index contributed by atoms with van der Waals surface area (Å²) in [6, 6.07) is 4.44. The van der Waals surface area contributed by atoms with Crippen LogP contribution in [0, 0.1) is 0 Å². The number of methoxy groups -OCH3 is 1. The van der Waals surface area contributed by atoms with Gasteiger partial charge in [0.1, 0.15) is 0 Å². The predicted molar refractivity (Wildman–Crippen MR) is 86.9 cm³/mol. The highest BCUT2D eigenvalue weighted by molar-refractivity contribution is 7.99. The molecule has 2 rings (SSSR count). The molecule has 1 atom stereocenters. The van der Waals surface area contributed by atoms with Gasteiger partial charge in [-0.25, -0.2) is 0 Å². The number of nitrogens with one attached hydrogen (secondary N) is 2. The molecular formula is C15H19F3N2O3S. The molecule has 1 fully saturated rings. The van der Waals surface area contributed by atoms with Crippen molar-refractivity contribution in [3.8, 4) is 11.5 Å². The zero-order chi connectivity index (χ0) is 17.6. The lowest BCUT2D eigenvalue weighted by molar-refractivity contribution is -0.153. The van der Waals surface area contributed by atoms with Crippen LogP contribution in [0.25, 0.3) is 0 Å². The molecule has 9 heteroatoms. The van der Waals surface area contributed by atoms with Gasteiger partial charge in [0.05, 0.1) is 7.11 Å². The summed E-state index contributed by atoms with van der Waals surface area (Å²) in [6.07, 6.45) is -4.15. The Morgan fingerprint density at radius 1 is 1.42 bits per heavy atom. The van der Waals surface area contributed by atoms with E-state index in [9.17, 15) is 18.0 Å². The zero-order valence-corrected chi connectivity index (χ0v) is 13.9. The Labute approximate surface area is 142 Å². The van der Waals surface area contributed by atoms with Gasteiger partial charge in [0.2, 0.25) is 5.91 Å². The van der Waals surface area contributed by atoms with Gasteiger partial charge in [-0.3, -0.25) is 4.79 Å². The molecular weight excluding hydrogens is 345 g/mol. The van der Waals surface area contributed by atoms with Gasteiger partial charge in [0.15, 0.2) is 18.1 Å². The van der Waals surface area contributed by atoms with Crippen molar-refractivity contribution in [2.24, 2.45) is 0 Å². The highest BCUT2D eigenvalue weighted by Gasteiger charge is 2.29. The fourth-order valence-corrected chi connectivity index (χ4v) is 3.16. The third-order valence-corrected chi connectivity index (χ3v) is 4.40. The van der Waals surface area contributed by atoms with Crippen molar-refractivity contribution in [3.63, 3.8) is 0 Å². The molecule has 5 nitrogen and oxygen atoms in total. The fourth-order valence-electron chi connectivity index (χ4n) is 2.21. The molecule has 0 aliphatic carbocycles. The van der Waals surface area contributed by atoms with Crippen molar-refractivity contribution in [1.82, 2.24) is 5.32 Å². The number of ether oxygens (including phenoxy) is 2. The molecule has 0 spiro atoms. The average Bonchev–Trinajstić information content (AvgIpc) is 2.53. The minimum atomic E-state index is -4.45. The van der Waals surface area contributed by atoms with Crippen molar-refractivity contribution in [3.05, 3.63) is 18.2 Å². The van der Waals surface area contributed by atoms with Gasteiger partial charge >= 0.3 is 6.18 Å². The molecule has 24 heavy (non-hydrogen) atoms. The van der Waals surface area contributed by atoms with Crippen molar-refractivity contribution in [1.29, 1.82) is 0 Å². The van der Waals surface area contributed by atoms with E-state index in [4.69, 9.17) is 9.47 Å². The number of carbonyl (C=O) groups is 1. The second-order valence-corrected chi connectivity index (χ2v) is 6.40. The minimum absolute atomic E-state index is 0.0704. The Morgan fingerprint density at radius 2 is 2.21 bits per heavy atom. The van der Waals surface area contributed by atoms with Crippen LogP contribution in [0.3, 0.4) is 0 Å². The summed E-state index contributed by atoms with van der Waals surface area (Å²) in [6.45, 7) is -0.565. The number of carbonyl (C=O) groups excluding carboxylic acids is 1. The molecule has 1 aromatic carbocycles. The SMILES string of the molecule is COc1ccc(NC(=O)CC2CSCCN2)cc1OCC(F)(F)F. The minimum Gasteiger partial charge on any atom is -0.493 e. The van der Waals surface area contributed by atoms with Crippen molar-refractivity contribution < 1.29 is 27.4 Å². The lowest BCUT2D eigenvalue weighted by atomic mass is 10.2. The number of benzene rings is 1. The Bertz CT molecular complexity index is 563. The van der Waals surface area contributed by atoms with E-state index in [-0.39, 0.29) is 23.4 Å². The van der Waals surface area contributed by atoms with Gasteiger partial charge in [-0.05, 0) is 12.1 Å². The van der Waals surface area contributed by atoms with Crippen molar-refractivity contribution in [2.45, 2.75) is 18.6 Å². The normalized spacial score (nSPS) is 18.1. The number of hydrogen-bond donors (Lipinski definition) is 2. The molecule has 1 aliphatic heterocycles. The number of alkyl halides is 3. The first-order chi connectivity index (χ1) is 11.4. The molecule has 1 aromatic rings. The summed E-state index contributed by atoms with van der Waals surface area (Å²) in [5, 5.41) is 5.92. The van der Waals surface area contributed by atoms with Gasteiger partial charge in [-0.1, -0.05) is 0 Å². The second kappa shape index (κ2) is 8.48. The molecule has 1 aliphatic rings. The standard InChI is InChI=1S/C15H19F3N2O3S/c1-22-12-3-2-10(6-13(12)23-9-15(16,17)18)20-14(21)7-11-8-24-5-4-19-11/h2-3,6,11,19H,4-5,7-9H2,1H3,(H,20,21). The molecule has 0 saturated carbocycles. The maximum absolute atomic E-state index is 12.3. The molecule has 1 amide bonds. The van der Waals surface area contributed by atoms with E-state index in [1.54, 1.807) is 17.8 Å². The van der Waals surface area contributed by atoms with Crippen LogP contribution >= 0.6 is 11.8 Å². The molecule has 1 unspecified atom stereocenters. The first-order valence-corrected chi connectivity index (χ1v) is 8.51. The number of hydrogen-bond acceptors (Lipinski definition) is 5. The smallest absolute Gasteiger partial charge is 0.422 e. The highest BCUT2D eigenvalue weighted by atomic mass is 32.2. The maximum Gasteiger partial charge on any atom is 0.422 e. The lowest BCUT2D eigenvalue weighted by Gasteiger charge is -2.22. The van der Waals surface area contributed by atoms with Gasteiger partial charge in [0, 0.05) is 42.3 Å². The summed E-state index contributed by atoms with van der Waals surface area (Å²) in [7, 11) is 1.33. The van der Waals surface area contributed by atoms with Gasteiger partial charge in [-0.15, -0.1) is 0 Å². The topological polar surface area (TPSA) is 59.6 Å². The van der Waals surface area contributed by atoms with Gasteiger partial charge < -0.3 is 20.1 Å². The number of anilines is 1. The quantitative estimate of drug-likeness (QED) is 0.813. The van der Waals surface area contributed by atoms with Crippen LogP contribution in [0.2, 0.25) is 0 Å². The van der Waals surface area contributed by atoms with E-state index in [1.165, 1.54) is 19.2 Å². The summed E-state index contributed by atoms with van der Waals surface area (Å²) < 4.78 is 46.6. The average molecular weight is 364 g/mol. The number of amides is 1. The van der Waals surface area contributed by atoms with E-state index >= 15 is 0 Å². The third kappa shape index (κ3) is 6.12. The molecule has 2 N–H and O–H groups in total. The van der Waals surface area contributed by atoms with E-state index < -0.39 is 12.8 Å². The highest BCUT2D eigenvalue weighted by Crippen LogP contribution is 2.31. The Balaban J connectivity index is 1.97. The van der Waals surface area contributed by atoms with Crippen molar-refractivity contribution >= 4 is 23.4 Å².